The highest BCUT2D eigenvalue weighted by Gasteiger charge is 2.23. The van der Waals surface area contributed by atoms with E-state index in [1.54, 1.807) is 0 Å². The van der Waals surface area contributed by atoms with Gasteiger partial charge in [0, 0.05) is 11.6 Å². The molecule has 0 heterocycles. The Kier molecular flexibility index (Phi) is 2.70. The normalized spacial score (nSPS) is 14.0. The Labute approximate surface area is 96.3 Å². The van der Waals surface area contributed by atoms with Gasteiger partial charge in [-0.2, -0.15) is 0 Å². The van der Waals surface area contributed by atoms with E-state index in [-0.39, 0.29) is 6.04 Å². The lowest BCUT2D eigenvalue weighted by molar-refractivity contribution is 0.422. The van der Waals surface area contributed by atoms with Crippen LogP contribution in [0.1, 0.15) is 25.5 Å². The van der Waals surface area contributed by atoms with Crippen LogP contribution in [0.4, 0.5) is 0 Å². The van der Waals surface area contributed by atoms with E-state index in [1.807, 2.05) is 32.0 Å². The Morgan fingerprint density at radius 1 is 1.00 bits per heavy atom. The Morgan fingerprint density at radius 2 is 1.62 bits per heavy atom. The van der Waals surface area contributed by atoms with E-state index < -0.39 is 5.54 Å². The predicted octanol–water partition coefficient (Wildman–Crippen LogP) is 2.58. The highest BCUT2D eigenvalue weighted by Crippen LogP contribution is 2.27. The zero-order valence-electron chi connectivity index (χ0n) is 9.77. The van der Waals surface area contributed by atoms with Crippen molar-refractivity contribution in [2.75, 3.05) is 0 Å². The molecule has 0 saturated heterocycles. The minimum absolute atomic E-state index is 0.154. The SMILES string of the molecule is CC(C)(N)C(N)c1cccc2ccccc12. The number of hydrogen-bond acceptors (Lipinski definition) is 2. The van der Waals surface area contributed by atoms with E-state index >= 15 is 0 Å². The zero-order chi connectivity index (χ0) is 11.8. The van der Waals surface area contributed by atoms with Crippen molar-refractivity contribution in [3.05, 3.63) is 48.0 Å². The third-order valence-corrected chi connectivity index (χ3v) is 2.96. The topological polar surface area (TPSA) is 52.0 Å². The molecule has 1 unspecified atom stereocenters. The van der Waals surface area contributed by atoms with Gasteiger partial charge in [-0.3, -0.25) is 0 Å². The number of nitrogens with two attached hydrogens (primary N) is 2. The van der Waals surface area contributed by atoms with Crippen LogP contribution in [0.2, 0.25) is 0 Å². The molecule has 0 aliphatic rings. The van der Waals surface area contributed by atoms with E-state index in [2.05, 4.69) is 24.3 Å². The van der Waals surface area contributed by atoms with Gasteiger partial charge in [0.15, 0.2) is 0 Å². The lowest BCUT2D eigenvalue weighted by Gasteiger charge is -2.28. The molecule has 2 aromatic carbocycles. The van der Waals surface area contributed by atoms with Crippen LogP contribution in [0, 0.1) is 0 Å². The second-order valence-electron chi connectivity index (χ2n) is 4.87. The van der Waals surface area contributed by atoms with Crippen LogP contribution in [0.3, 0.4) is 0 Å². The van der Waals surface area contributed by atoms with Crippen molar-refractivity contribution in [3.8, 4) is 0 Å². The number of hydrogen-bond donors (Lipinski definition) is 2. The summed E-state index contributed by atoms with van der Waals surface area (Å²) in [5.74, 6) is 0. The maximum Gasteiger partial charge on any atom is 0.0478 e. The van der Waals surface area contributed by atoms with Gasteiger partial charge < -0.3 is 11.5 Å². The molecule has 2 nitrogen and oxygen atoms in total. The highest BCUT2D eigenvalue weighted by atomic mass is 14.8. The summed E-state index contributed by atoms with van der Waals surface area (Å²) < 4.78 is 0. The molecule has 0 amide bonds. The summed E-state index contributed by atoms with van der Waals surface area (Å²) in [6.45, 7) is 3.92. The monoisotopic (exact) mass is 214 g/mol. The lowest BCUT2D eigenvalue weighted by Crippen LogP contribution is -2.43. The fourth-order valence-electron chi connectivity index (χ4n) is 1.92. The third-order valence-electron chi connectivity index (χ3n) is 2.96. The second-order valence-corrected chi connectivity index (χ2v) is 4.87. The average molecular weight is 214 g/mol. The van der Waals surface area contributed by atoms with Crippen molar-refractivity contribution in [2.45, 2.75) is 25.4 Å². The van der Waals surface area contributed by atoms with Crippen LogP contribution in [-0.2, 0) is 0 Å². The summed E-state index contributed by atoms with van der Waals surface area (Å²) in [7, 11) is 0. The number of rotatable bonds is 2. The molecule has 2 aromatic rings. The van der Waals surface area contributed by atoms with Crippen LogP contribution in [0.5, 0.6) is 0 Å². The molecule has 2 heteroatoms. The predicted molar refractivity (Wildman–Crippen MR) is 69.1 cm³/mol. The first-order valence-corrected chi connectivity index (χ1v) is 5.52. The molecule has 0 aliphatic heterocycles. The Hall–Kier alpha value is -1.38. The standard InChI is InChI=1S/C14H18N2/c1-14(2,16)13(15)12-9-5-7-10-6-3-4-8-11(10)12/h3-9,13H,15-16H2,1-2H3. The van der Waals surface area contributed by atoms with Crippen molar-refractivity contribution < 1.29 is 0 Å². The number of fused-ring (bicyclic) bond motifs is 1. The Bertz CT molecular complexity index is 492. The molecule has 1 atom stereocenters. The molecule has 0 aliphatic carbocycles. The van der Waals surface area contributed by atoms with Crippen molar-refractivity contribution >= 4 is 10.8 Å². The van der Waals surface area contributed by atoms with Gasteiger partial charge in [-0.15, -0.1) is 0 Å². The fourth-order valence-corrected chi connectivity index (χ4v) is 1.92. The molecular weight excluding hydrogens is 196 g/mol. The van der Waals surface area contributed by atoms with Crippen molar-refractivity contribution in [1.29, 1.82) is 0 Å². The maximum absolute atomic E-state index is 6.21. The van der Waals surface area contributed by atoms with Crippen LogP contribution < -0.4 is 11.5 Å². The van der Waals surface area contributed by atoms with Crippen molar-refractivity contribution in [2.24, 2.45) is 11.5 Å². The van der Waals surface area contributed by atoms with E-state index in [0.29, 0.717) is 0 Å². The fraction of sp³-hybridized carbons (Fsp3) is 0.286. The van der Waals surface area contributed by atoms with Gasteiger partial charge >= 0.3 is 0 Å². The molecule has 0 fully saturated rings. The van der Waals surface area contributed by atoms with Crippen LogP contribution in [0.25, 0.3) is 10.8 Å². The third kappa shape index (κ3) is 1.94. The van der Waals surface area contributed by atoms with Gasteiger partial charge in [0.05, 0.1) is 0 Å². The highest BCUT2D eigenvalue weighted by molar-refractivity contribution is 5.86. The first-order chi connectivity index (χ1) is 7.50. The summed E-state index contributed by atoms with van der Waals surface area (Å²) in [6.07, 6.45) is 0. The van der Waals surface area contributed by atoms with Crippen molar-refractivity contribution in [1.82, 2.24) is 0 Å². The van der Waals surface area contributed by atoms with Gasteiger partial charge in [0.1, 0.15) is 0 Å². The molecule has 0 saturated carbocycles. The second kappa shape index (κ2) is 3.89. The quantitative estimate of drug-likeness (QED) is 0.807. The lowest BCUT2D eigenvalue weighted by atomic mass is 9.87. The molecule has 16 heavy (non-hydrogen) atoms. The molecule has 4 N–H and O–H groups in total. The van der Waals surface area contributed by atoms with Gasteiger partial charge in [-0.25, -0.2) is 0 Å². The smallest absolute Gasteiger partial charge is 0.0478 e. The zero-order valence-corrected chi connectivity index (χ0v) is 9.77. The molecule has 0 spiro atoms. The van der Waals surface area contributed by atoms with E-state index in [1.165, 1.54) is 10.8 Å². The van der Waals surface area contributed by atoms with E-state index in [4.69, 9.17) is 11.5 Å². The summed E-state index contributed by atoms with van der Waals surface area (Å²) in [5.41, 5.74) is 13.0. The summed E-state index contributed by atoms with van der Waals surface area (Å²) in [5, 5.41) is 2.40. The minimum atomic E-state index is -0.413. The number of benzene rings is 2. The van der Waals surface area contributed by atoms with Crippen molar-refractivity contribution in [3.63, 3.8) is 0 Å². The first-order valence-electron chi connectivity index (χ1n) is 5.52. The van der Waals surface area contributed by atoms with Gasteiger partial charge in [0.2, 0.25) is 0 Å². The molecule has 0 bridgehead atoms. The molecule has 0 radical (unpaired) electrons. The Morgan fingerprint density at radius 3 is 2.31 bits per heavy atom. The van der Waals surface area contributed by atoms with Crippen LogP contribution in [0.15, 0.2) is 42.5 Å². The van der Waals surface area contributed by atoms with Crippen LogP contribution in [-0.4, -0.2) is 5.54 Å². The Balaban J connectivity index is 2.61. The minimum Gasteiger partial charge on any atom is -0.324 e. The largest absolute Gasteiger partial charge is 0.324 e. The van der Waals surface area contributed by atoms with E-state index in [0.717, 1.165) is 5.56 Å². The summed E-state index contributed by atoms with van der Waals surface area (Å²) in [6, 6.07) is 14.3. The molecule has 0 aromatic heterocycles. The summed E-state index contributed by atoms with van der Waals surface area (Å²) in [4.78, 5) is 0. The van der Waals surface area contributed by atoms with E-state index in [9.17, 15) is 0 Å². The average Bonchev–Trinajstić information content (AvgIpc) is 2.26. The first kappa shape index (κ1) is 11.1. The van der Waals surface area contributed by atoms with Gasteiger partial charge in [-0.1, -0.05) is 42.5 Å². The molecule has 84 valence electrons. The van der Waals surface area contributed by atoms with Gasteiger partial charge in [-0.05, 0) is 30.2 Å². The maximum atomic E-state index is 6.21. The van der Waals surface area contributed by atoms with Crippen LogP contribution >= 0.6 is 0 Å². The molecular formula is C14H18N2. The molecule has 2 rings (SSSR count). The van der Waals surface area contributed by atoms with Gasteiger partial charge in [0.25, 0.3) is 0 Å². The summed E-state index contributed by atoms with van der Waals surface area (Å²) >= 11 is 0.